The highest BCUT2D eigenvalue weighted by molar-refractivity contribution is 9.10. The first-order chi connectivity index (χ1) is 8.15. The second-order valence-electron chi connectivity index (χ2n) is 4.49. The molecule has 1 aromatic carbocycles. The topological polar surface area (TPSA) is 12.0 Å². The van der Waals surface area contributed by atoms with Gasteiger partial charge in [0.2, 0.25) is 0 Å². The molecule has 0 spiro atoms. The maximum absolute atomic E-state index is 13.5. The summed E-state index contributed by atoms with van der Waals surface area (Å²) in [4.78, 5) is 0. The Morgan fingerprint density at radius 2 is 2.12 bits per heavy atom. The molecule has 17 heavy (non-hydrogen) atoms. The van der Waals surface area contributed by atoms with Crippen molar-refractivity contribution < 1.29 is 8.78 Å². The number of hydrogen-bond donors (Lipinski definition) is 1. The van der Waals surface area contributed by atoms with Crippen molar-refractivity contribution >= 4 is 15.9 Å². The Kier molecular flexibility index (Phi) is 4.15. The van der Waals surface area contributed by atoms with E-state index >= 15 is 0 Å². The van der Waals surface area contributed by atoms with E-state index in [1.807, 2.05) is 6.92 Å². The van der Waals surface area contributed by atoms with E-state index in [-0.39, 0.29) is 10.5 Å². The van der Waals surface area contributed by atoms with E-state index in [0.717, 1.165) is 24.9 Å². The van der Waals surface area contributed by atoms with Gasteiger partial charge in [0.05, 0.1) is 4.47 Å². The highest BCUT2D eigenvalue weighted by Crippen LogP contribution is 2.40. The van der Waals surface area contributed by atoms with Gasteiger partial charge in [-0.05, 0) is 52.9 Å². The van der Waals surface area contributed by atoms with E-state index < -0.39 is 11.6 Å². The molecule has 1 saturated carbocycles. The van der Waals surface area contributed by atoms with Crippen LogP contribution in [0.2, 0.25) is 0 Å². The Bertz CT molecular complexity index is 405. The van der Waals surface area contributed by atoms with Crippen LogP contribution in [0, 0.1) is 17.6 Å². The number of nitrogens with one attached hydrogen (secondary N) is 1. The molecule has 1 aromatic rings. The number of benzene rings is 1. The van der Waals surface area contributed by atoms with Crippen LogP contribution in [0.1, 0.15) is 37.8 Å². The quantitative estimate of drug-likeness (QED) is 0.823. The van der Waals surface area contributed by atoms with Gasteiger partial charge >= 0.3 is 0 Å². The van der Waals surface area contributed by atoms with Gasteiger partial charge in [0, 0.05) is 6.04 Å². The maximum Gasteiger partial charge on any atom is 0.173 e. The fourth-order valence-corrected chi connectivity index (χ4v) is 2.87. The molecule has 0 saturated heterocycles. The summed E-state index contributed by atoms with van der Waals surface area (Å²) in [6, 6.07) is 3.00. The third-order valence-electron chi connectivity index (χ3n) is 3.45. The van der Waals surface area contributed by atoms with Crippen LogP contribution in [0.5, 0.6) is 0 Å². The van der Waals surface area contributed by atoms with Gasteiger partial charge < -0.3 is 5.32 Å². The van der Waals surface area contributed by atoms with Crippen LogP contribution >= 0.6 is 15.9 Å². The second-order valence-corrected chi connectivity index (χ2v) is 5.28. The zero-order valence-corrected chi connectivity index (χ0v) is 11.4. The van der Waals surface area contributed by atoms with Crippen molar-refractivity contribution in [1.29, 1.82) is 0 Å². The van der Waals surface area contributed by atoms with Crippen LogP contribution in [0.3, 0.4) is 0 Å². The smallest absolute Gasteiger partial charge is 0.173 e. The van der Waals surface area contributed by atoms with Crippen LogP contribution in [-0.4, -0.2) is 6.54 Å². The van der Waals surface area contributed by atoms with Gasteiger partial charge in [0.25, 0.3) is 0 Å². The molecule has 1 aliphatic rings. The maximum atomic E-state index is 13.5. The van der Waals surface area contributed by atoms with E-state index in [4.69, 9.17) is 0 Å². The lowest BCUT2D eigenvalue weighted by atomic mass is 9.77. The van der Waals surface area contributed by atoms with Gasteiger partial charge in [-0.15, -0.1) is 0 Å². The van der Waals surface area contributed by atoms with Crippen molar-refractivity contribution in [3.63, 3.8) is 0 Å². The molecule has 0 amide bonds. The Labute approximate surface area is 109 Å². The average Bonchev–Trinajstić information content (AvgIpc) is 2.23. The largest absolute Gasteiger partial charge is 0.310 e. The van der Waals surface area contributed by atoms with Crippen LogP contribution in [0.25, 0.3) is 0 Å². The predicted molar refractivity (Wildman–Crippen MR) is 67.8 cm³/mol. The zero-order chi connectivity index (χ0) is 12.4. The third-order valence-corrected chi connectivity index (χ3v) is 4.25. The highest BCUT2D eigenvalue weighted by Gasteiger charge is 2.30. The number of halogens is 3. The lowest BCUT2D eigenvalue weighted by molar-refractivity contribution is 0.232. The second kappa shape index (κ2) is 5.44. The minimum atomic E-state index is -0.801. The number of rotatable bonds is 4. The SMILES string of the molecule is CCNC(c1ccc(F)c(F)c1Br)C1CCC1. The third kappa shape index (κ3) is 2.52. The molecule has 0 bridgehead atoms. The fourth-order valence-electron chi connectivity index (χ4n) is 2.30. The molecule has 0 aromatic heterocycles. The summed E-state index contributed by atoms with van der Waals surface area (Å²) >= 11 is 3.17. The van der Waals surface area contributed by atoms with Gasteiger partial charge in [-0.3, -0.25) is 0 Å². The van der Waals surface area contributed by atoms with Crippen LogP contribution < -0.4 is 5.32 Å². The van der Waals surface area contributed by atoms with Gasteiger partial charge in [-0.25, -0.2) is 8.78 Å². The molecule has 0 radical (unpaired) electrons. The molecule has 1 fully saturated rings. The molecular weight excluding hydrogens is 288 g/mol. The van der Waals surface area contributed by atoms with Gasteiger partial charge in [-0.2, -0.15) is 0 Å². The Morgan fingerprint density at radius 3 is 2.65 bits per heavy atom. The monoisotopic (exact) mass is 303 g/mol. The average molecular weight is 304 g/mol. The molecular formula is C13H16BrF2N. The first-order valence-electron chi connectivity index (χ1n) is 6.02. The molecule has 0 aliphatic heterocycles. The minimum absolute atomic E-state index is 0.123. The van der Waals surface area contributed by atoms with Crippen LogP contribution in [0.4, 0.5) is 8.78 Å². The minimum Gasteiger partial charge on any atom is -0.310 e. The highest BCUT2D eigenvalue weighted by atomic mass is 79.9. The molecule has 94 valence electrons. The van der Waals surface area contributed by atoms with Crippen LogP contribution in [-0.2, 0) is 0 Å². The molecule has 1 aliphatic carbocycles. The molecule has 1 nitrogen and oxygen atoms in total. The van der Waals surface area contributed by atoms with Crippen molar-refractivity contribution in [3.8, 4) is 0 Å². The van der Waals surface area contributed by atoms with E-state index in [0.29, 0.717) is 5.92 Å². The summed E-state index contributed by atoms with van der Waals surface area (Å²) in [5.74, 6) is -1.05. The van der Waals surface area contributed by atoms with E-state index in [1.165, 1.54) is 12.5 Å². The molecule has 1 N–H and O–H groups in total. The molecule has 1 atom stereocenters. The van der Waals surface area contributed by atoms with Crippen molar-refractivity contribution in [2.24, 2.45) is 5.92 Å². The van der Waals surface area contributed by atoms with Crippen molar-refractivity contribution in [2.75, 3.05) is 6.54 Å². The van der Waals surface area contributed by atoms with E-state index in [2.05, 4.69) is 21.2 Å². The normalized spacial score (nSPS) is 17.9. The summed E-state index contributed by atoms with van der Waals surface area (Å²) in [6.45, 7) is 2.85. The Balaban J connectivity index is 2.31. The van der Waals surface area contributed by atoms with E-state index in [1.54, 1.807) is 6.07 Å². The summed E-state index contributed by atoms with van der Waals surface area (Å²) in [5, 5.41) is 3.37. The van der Waals surface area contributed by atoms with Crippen molar-refractivity contribution in [3.05, 3.63) is 33.8 Å². The summed E-state index contributed by atoms with van der Waals surface area (Å²) in [5.41, 5.74) is 0.829. The summed E-state index contributed by atoms with van der Waals surface area (Å²) < 4.78 is 26.9. The summed E-state index contributed by atoms with van der Waals surface area (Å²) in [6.07, 6.45) is 3.54. The standard InChI is InChI=1S/C13H16BrF2N/c1-2-17-13(8-4-3-5-8)9-6-7-10(15)12(16)11(9)14/h6-8,13,17H,2-5H2,1H3. The van der Waals surface area contributed by atoms with Gasteiger partial charge in [0.1, 0.15) is 0 Å². The van der Waals surface area contributed by atoms with Gasteiger partial charge in [-0.1, -0.05) is 19.4 Å². The molecule has 1 unspecified atom stereocenters. The van der Waals surface area contributed by atoms with Crippen molar-refractivity contribution in [1.82, 2.24) is 5.32 Å². The molecule has 0 heterocycles. The van der Waals surface area contributed by atoms with Crippen LogP contribution in [0.15, 0.2) is 16.6 Å². The molecule has 2 rings (SSSR count). The lowest BCUT2D eigenvalue weighted by Crippen LogP contribution is -2.32. The first-order valence-corrected chi connectivity index (χ1v) is 6.81. The Hall–Kier alpha value is -0.480. The van der Waals surface area contributed by atoms with E-state index in [9.17, 15) is 8.78 Å². The lowest BCUT2D eigenvalue weighted by Gasteiger charge is -2.35. The number of hydrogen-bond acceptors (Lipinski definition) is 1. The van der Waals surface area contributed by atoms with Gasteiger partial charge in [0.15, 0.2) is 11.6 Å². The predicted octanol–water partition coefficient (Wildman–Crippen LogP) is 4.18. The summed E-state index contributed by atoms with van der Waals surface area (Å²) in [7, 11) is 0. The zero-order valence-electron chi connectivity index (χ0n) is 9.77. The first kappa shape index (κ1) is 13.0. The fraction of sp³-hybridized carbons (Fsp3) is 0.538. The Morgan fingerprint density at radius 1 is 1.41 bits per heavy atom. The van der Waals surface area contributed by atoms with Crippen molar-refractivity contribution in [2.45, 2.75) is 32.2 Å². The molecule has 4 heteroatoms.